The molecular formula is C9H10FNO4S. The third-order valence-electron chi connectivity index (χ3n) is 1.99. The molecule has 88 valence electrons. The summed E-state index contributed by atoms with van der Waals surface area (Å²) in [5.41, 5.74) is 4.86. The standard InChI is InChI=1S/C9H10FNO4S/c1-16(14,15)6-4-2-3-5(7(6)10)8(11)9(12)13/h2-4,8H,11H2,1H3,(H,12,13). The number of carbonyl (C=O) groups is 1. The summed E-state index contributed by atoms with van der Waals surface area (Å²) in [5, 5.41) is 8.61. The van der Waals surface area contributed by atoms with Crippen LogP contribution in [0.15, 0.2) is 23.1 Å². The zero-order chi connectivity index (χ0) is 12.5. The largest absolute Gasteiger partial charge is 0.480 e. The van der Waals surface area contributed by atoms with Crippen molar-refractivity contribution in [2.24, 2.45) is 5.73 Å². The summed E-state index contributed by atoms with van der Waals surface area (Å²) >= 11 is 0. The quantitative estimate of drug-likeness (QED) is 0.801. The monoisotopic (exact) mass is 247 g/mol. The van der Waals surface area contributed by atoms with Gasteiger partial charge >= 0.3 is 5.97 Å². The summed E-state index contributed by atoms with van der Waals surface area (Å²) in [6, 6.07) is 1.87. The van der Waals surface area contributed by atoms with Gasteiger partial charge in [-0.15, -0.1) is 0 Å². The Morgan fingerprint density at radius 3 is 2.50 bits per heavy atom. The van der Waals surface area contributed by atoms with E-state index < -0.39 is 32.6 Å². The van der Waals surface area contributed by atoms with E-state index in [1.165, 1.54) is 6.07 Å². The molecule has 1 rings (SSSR count). The van der Waals surface area contributed by atoms with Crippen molar-refractivity contribution in [2.45, 2.75) is 10.9 Å². The first-order valence-corrected chi connectivity index (χ1v) is 6.11. The first kappa shape index (κ1) is 12.6. The van der Waals surface area contributed by atoms with Crippen molar-refractivity contribution >= 4 is 15.8 Å². The Labute approximate surface area is 91.6 Å². The second kappa shape index (κ2) is 4.18. The van der Waals surface area contributed by atoms with E-state index in [-0.39, 0.29) is 5.56 Å². The minimum atomic E-state index is -3.74. The minimum absolute atomic E-state index is 0.351. The maximum Gasteiger partial charge on any atom is 0.325 e. The first-order valence-electron chi connectivity index (χ1n) is 4.22. The lowest BCUT2D eigenvalue weighted by atomic mass is 10.1. The van der Waals surface area contributed by atoms with Crippen LogP contribution in [0.1, 0.15) is 11.6 Å². The van der Waals surface area contributed by atoms with Gasteiger partial charge in [0.1, 0.15) is 16.8 Å². The Bertz CT molecular complexity index is 526. The highest BCUT2D eigenvalue weighted by Gasteiger charge is 2.23. The summed E-state index contributed by atoms with van der Waals surface area (Å²) in [4.78, 5) is 10.0. The molecule has 0 amide bonds. The number of halogens is 1. The van der Waals surface area contributed by atoms with Crippen LogP contribution in [0.3, 0.4) is 0 Å². The van der Waals surface area contributed by atoms with Crippen molar-refractivity contribution < 1.29 is 22.7 Å². The van der Waals surface area contributed by atoms with E-state index >= 15 is 0 Å². The molecule has 0 aliphatic rings. The fourth-order valence-corrected chi connectivity index (χ4v) is 1.96. The molecule has 0 spiro atoms. The molecule has 1 aromatic rings. The minimum Gasteiger partial charge on any atom is -0.480 e. The van der Waals surface area contributed by atoms with E-state index in [0.717, 1.165) is 18.4 Å². The van der Waals surface area contributed by atoms with Gasteiger partial charge in [0.2, 0.25) is 0 Å². The van der Waals surface area contributed by atoms with Gasteiger partial charge in [0.05, 0.1) is 0 Å². The van der Waals surface area contributed by atoms with Crippen LogP contribution >= 0.6 is 0 Å². The van der Waals surface area contributed by atoms with Gasteiger partial charge in [-0.1, -0.05) is 12.1 Å². The number of sulfone groups is 1. The molecule has 0 fully saturated rings. The van der Waals surface area contributed by atoms with E-state index in [1.54, 1.807) is 0 Å². The third-order valence-corrected chi connectivity index (χ3v) is 3.11. The van der Waals surface area contributed by atoms with Crippen molar-refractivity contribution in [3.8, 4) is 0 Å². The van der Waals surface area contributed by atoms with Crippen LogP contribution in [-0.2, 0) is 14.6 Å². The predicted molar refractivity (Wildman–Crippen MR) is 54.1 cm³/mol. The summed E-state index contributed by atoms with van der Waals surface area (Å²) in [7, 11) is -3.74. The summed E-state index contributed by atoms with van der Waals surface area (Å²) < 4.78 is 36.0. The molecule has 16 heavy (non-hydrogen) atoms. The Morgan fingerprint density at radius 1 is 1.50 bits per heavy atom. The van der Waals surface area contributed by atoms with E-state index in [9.17, 15) is 17.6 Å². The molecule has 0 saturated heterocycles. The number of hydrogen-bond acceptors (Lipinski definition) is 4. The van der Waals surface area contributed by atoms with E-state index in [2.05, 4.69) is 0 Å². The zero-order valence-corrected chi connectivity index (χ0v) is 9.16. The fraction of sp³-hybridized carbons (Fsp3) is 0.222. The number of rotatable bonds is 3. The van der Waals surface area contributed by atoms with Gasteiger partial charge in [-0.25, -0.2) is 12.8 Å². The lowest BCUT2D eigenvalue weighted by molar-refractivity contribution is -0.138. The Balaban J connectivity index is 3.41. The summed E-state index contributed by atoms with van der Waals surface area (Å²) in [6.07, 6.45) is 0.835. The molecule has 0 aliphatic carbocycles. The maximum atomic E-state index is 13.7. The molecule has 1 atom stereocenters. The Morgan fingerprint density at radius 2 is 2.06 bits per heavy atom. The van der Waals surface area contributed by atoms with Crippen molar-refractivity contribution in [3.63, 3.8) is 0 Å². The number of carboxylic acid groups (broad SMARTS) is 1. The van der Waals surface area contributed by atoms with Gasteiger partial charge in [0, 0.05) is 11.8 Å². The van der Waals surface area contributed by atoms with Crippen LogP contribution in [0.25, 0.3) is 0 Å². The molecule has 0 aromatic heterocycles. The normalized spacial score (nSPS) is 13.4. The molecular weight excluding hydrogens is 237 g/mol. The van der Waals surface area contributed by atoms with Gasteiger partial charge in [-0.2, -0.15) is 0 Å². The van der Waals surface area contributed by atoms with Crippen LogP contribution < -0.4 is 5.73 Å². The number of hydrogen-bond donors (Lipinski definition) is 2. The van der Waals surface area contributed by atoms with Gasteiger partial charge in [0.15, 0.2) is 9.84 Å². The molecule has 7 heteroatoms. The van der Waals surface area contributed by atoms with Crippen LogP contribution in [0.2, 0.25) is 0 Å². The summed E-state index contributed by atoms with van der Waals surface area (Å²) in [6.45, 7) is 0. The Kier molecular flexibility index (Phi) is 3.30. The highest BCUT2D eigenvalue weighted by molar-refractivity contribution is 7.90. The average Bonchev–Trinajstić information content (AvgIpc) is 2.15. The topological polar surface area (TPSA) is 97.5 Å². The molecule has 0 aliphatic heterocycles. The van der Waals surface area contributed by atoms with Crippen molar-refractivity contribution in [2.75, 3.05) is 6.26 Å². The Hall–Kier alpha value is -1.47. The van der Waals surface area contributed by atoms with Crippen LogP contribution in [0.5, 0.6) is 0 Å². The van der Waals surface area contributed by atoms with Crippen LogP contribution in [0.4, 0.5) is 4.39 Å². The van der Waals surface area contributed by atoms with Crippen LogP contribution in [-0.4, -0.2) is 25.7 Å². The number of benzene rings is 1. The predicted octanol–water partition coefficient (Wildman–Crippen LogP) is 0.314. The SMILES string of the molecule is CS(=O)(=O)c1cccc(C(N)C(=O)O)c1F. The summed E-state index contributed by atoms with van der Waals surface area (Å²) in [5.74, 6) is -2.54. The van der Waals surface area contributed by atoms with Gasteiger partial charge in [0.25, 0.3) is 0 Å². The lowest BCUT2D eigenvalue weighted by Crippen LogP contribution is -2.22. The average molecular weight is 247 g/mol. The van der Waals surface area contributed by atoms with Crippen molar-refractivity contribution in [1.82, 2.24) is 0 Å². The van der Waals surface area contributed by atoms with Gasteiger partial charge < -0.3 is 10.8 Å². The van der Waals surface area contributed by atoms with Crippen molar-refractivity contribution in [1.29, 1.82) is 0 Å². The van der Waals surface area contributed by atoms with Crippen molar-refractivity contribution in [3.05, 3.63) is 29.6 Å². The molecule has 0 radical (unpaired) electrons. The second-order valence-electron chi connectivity index (χ2n) is 3.25. The molecule has 1 unspecified atom stereocenters. The lowest BCUT2D eigenvalue weighted by Gasteiger charge is -2.10. The number of aliphatic carboxylic acids is 1. The van der Waals surface area contributed by atoms with E-state index in [4.69, 9.17) is 10.8 Å². The highest BCUT2D eigenvalue weighted by Crippen LogP contribution is 2.22. The van der Waals surface area contributed by atoms with Gasteiger partial charge in [-0.3, -0.25) is 4.79 Å². The molecule has 0 heterocycles. The first-order chi connectivity index (χ1) is 7.25. The molecule has 3 N–H and O–H groups in total. The molecule has 0 bridgehead atoms. The highest BCUT2D eigenvalue weighted by atomic mass is 32.2. The van der Waals surface area contributed by atoms with Gasteiger partial charge in [-0.05, 0) is 6.07 Å². The third kappa shape index (κ3) is 2.37. The smallest absolute Gasteiger partial charge is 0.325 e. The zero-order valence-electron chi connectivity index (χ0n) is 8.34. The molecule has 1 aromatic carbocycles. The fourth-order valence-electron chi connectivity index (χ4n) is 1.19. The van der Waals surface area contributed by atoms with E-state index in [0.29, 0.717) is 0 Å². The van der Waals surface area contributed by atoms with E-state index in [1.807, 2.05) is 0 Å². The number of carboxylic acids is 1. The van der Waals surface area contributed by atoms with Crippen LogP contribution in [0, 0.1) is 5.82 Å². The second-order valence-corrected chi connectivity index (χ2v) is 5.23. The number of nitrogens with two attached hydrogens (primary N) is 1. The maximum absolute atomic E-state index is 13.7. The molecule has 0 saturated carbocycles. The molecule has 5 nitrogen and oxygen atoms in total.